The molecule has 0 radical (unpaired) electrons. The molecule has 3 aliphatic heterocycles. The van der Waals surface area contributed by atoms with Gasteiger partial charge in [0.15, 0.2) is 0 Å². The second kappa shape index (κ2) is 8.70. The fourth-order valence-corrected chi connectivity index (χ4v) is 5.88. The van der Waals surface area contributed by atoms with Gasteiger partial charge in [0.1, 0.15) is 0 Å². The van der Waals surface area contributed by atoms with Gasteiger partial charge in [-0.2, -0.15) is 0 Å². The third kappa shape index (κ3) is 4.27. The largest absolute Gasteiger partial charge is 0.354 e. The third-order valence-corrected chi connectivity index (χ3v) is 7.48. The lowest BCUT2D eigenvalue weighted by atomic mass is 9.72. The molecular weight excluding hydrogens is 374 g/mol. The van der Waals surface area contributed by atoms with Crippen LogP contribution in [-0.2, 0) is 16.1 Å². The van der Waals surface area contributed by atoms with E-state index in [9.17, 15) is 9.59 Å². The van der Waals surface area contributed by atoms with E-state index in [0.29, 0.717) is 36.8 Å². The lowest BCUT2D eigenvalue weighted by molar-refractivity contribution is -0.153. The molecule has 4 atom stereocenters. The highest BCUT2D eigenvalue weighted by Gasteiger charge is 2.49. The van der Waals surface area contributed by atoms with Crippen molar-refractivity contribution in [2.75, 3.05) is 19.6 Å². The van der Waals surface area contributed by atoms with Gasteiger partial charge in [-0.3, -0.25) is 14.5 Å². The topological polar surface area (TPSA) is 52.7 Å². The van der Waals surface area contributed by atoms with Crippen molar-refractivity contribution in [3.8, 4) is 0 Å². The fourth-order valence-electron chi connectivity index (χ4n) is 5.88. The van der Waals surface area contributed by atoms with Gasteiger partial charge in [0.25, 0.3) is 0 Å². The summed E-state index contributed by atoms with van der Waals surface area (Å²) in [6.07, 6.45) is 3.95. The molecule has 5 heteroatoms. The molecule has 3 heterocycles. The standard InChI is InChI=1S/C25H37N3O2/c1-16(2)25(30)26-12-23-21-11-20(22-6-5-7-24(29)28(22)23)14-27(15-21)13-19-10-17(3)8-9-18(19)4/h8-10,16,20-23H,5-7,11-15H2,1-4H3,(H,26,30)/t20-,21+,22+,23+/m1/s1. The van der Waals surface area contributed by atoms with Crippen molar-refractivity contribution in [1.82, 2.24) is 15.1 Å². The molecule has 1 N–H and O–H groups in total. The van der Waals surface area contributed by atoms with E-state index >= 15 is 0 Å². The summed E-state index contributed by atoms with van der Waals surface area (Å²) in [6.45, 7) is 11.9. The number of nitrogens with one attached hydrogen (secondary N) is 1. The summed E-state index contributed by atoms with van der Waals surface area (Å²) in [6, 6.07) is 7.19. The Morgan fingerprint density at radius 3 is 2.73 bits per heavy atom. The van der Waals surface area contributed by atoms with Crippen LogP contribution < -0.4 is 5.32 Å². The number of fused-ring (bicyclic) bond motifs is 4. The molecule has 5 nitrogen and oxygen atoms in total. The summed E-state index contributed by atoms with van der Waals surface area (Å²) in [5.74, 6) is 1.34. The highest BCUT2D eigenvalue weighted by molar-refractivity contribution is 5.79. The van der Waals surface area contributed by atoms with E-state index in [-0.39, 0.29) is 17.9 Å². The van der Waals surface area contributed by atoms with Gasteiger partial charge in [-0.1, -0.05) is 37.6 Å². The van der Waals surface area contributed by atoms with Gasteiger partial charge in [-0.15, -0.1) is 0 Å². The lowest BCUT2D eigenvalue weighted by Crippen LogP contribution is -2.67. The molecule has 0 spiro atoms. The summed E-state index contributed by atoms with van der Waals surface area (Å²) < 4.78 is 0. The molecule has 2 bridgehead atoms. The average Bonchev–Trinajstić information content (AvgIpc) is 2.70. The number of hydrogen-bond acceptors (Lipinski definition) is 3. The minimum atomic E-state index is -0.0265. The quantitative estimate of drug-likeness (QED) is 0.809. The first kappa shape index (κ1) is 21.4. The number of likely N-dealkylation sites (tertiary alicyclic amines) is 1. The van der Waals surface area contributed by atoms with Gasteiger partial charge < -0.3 is 10.2 Å². The molecule has 1 aromatic rings. The zero-order valence-electron chi connectivity index (χ0n) is 19.0. The van der Waals surface area contributed by atoms with E-state index in [2.05, 4.69) is 47.2 Å². The molecule has 0 aliphatic carbocycles. The Morgan fingerprint density at radius 1 is 1.20 bits per heavy atom. The van der Waals surface area contributed by atoms with E-state index in [1.807, 2.05) is 13.8 Å². The summed E-state index contributed by atoms with van der Waals surface area (Å²) in [5, 5.41) is 3.14. The van der Waals surface area contributed by atoms with Crippen LogP contribution in [-0.4, -0.2) is 53.3 Å². The SMILES string of the molecule is Cc1ccc(C)c(CN2C[C@H]3C[C@@H](C2)[C@H](CNC(=O)C(C)C)N2C(=O)CCC[C@@H]32)c1. The van der Waals surface area contributed by atoms with Gasteiger partial charge in [0, 0.05) is 44.6 Å². The van der Waals surface area contributed by atoms with Crippen LogP contribution in [0.25, 0.3) is 0 Å². The summed E-state index contributed by atoms with van der Waals surface area (Å²) in [4.78, 5) is 30.0. The van der Waals surface area contributed by atoms with Crippen LogP contribution in [0.4, 0.5) is 0 Å². The van der Waals surface area contributed by atoms with Crippen molar-refractivity contribution in [2.24, 2.45) is 17.8 Å². The highest BCUT2D eigenvalue weighted by atomic mass is 16.2. The van der Waals surface area contributed by atoms with Crippen molar-refractivity contribution >= 4 is 11.8 Å². The monoisotopic (exact) mass is 411 g/mol. The third-order valence-electron chi connectivity index (χ3n) is 7.48. The van der Waals surface area contributed by atoms with Gasteiger partial charge in [-0.25, -0.2) is 0 Å². The lowest BCUT2D eigenvalue weighted by Gasteiger charge is -2.56. The van der Waals surface area contributed by atoms with E-state index in [0.717, 1.165) is 32.5 Å². The van der Waals surface area contributed by atoms with Crippen LogP contribution in [0, 0.1) is 31.6 Å². The molecule has 0 aromatic heterocycles. The normalized spacial score (nSPS) is 29.1. The van der Waals surface area contributed by atoms with Crippen molar-refractivity contribution in [2.45, 2.75) is 72.0 Å². The number of hydrogen-bond donors (Lipinski definition) is 1. The first-order valence-electron chi connectivity index (χ1n) is 11.7. The summed E-state index contributed by atoms with van der Waals surface area (Å²) >= 11 is 0. The zero-order valence-corrected chi connectivity index (χ0v) is 19.0. The Kier molecular flexibility index (Phi) is 6.19. The smallest absolute Gasteiger partial charge is 0.223 e. The minimum Gasteiger partial charge on any atom is -0.354 e. The van der Waals surface area contributed by atoms with Gasteiger partial charge in [0.2, 0.25) is 11.8 Å². The van der Waals surface area contributed by atoms with Crippen LogP contribution in [0.3, 0.4) is 0 Å². The Bertz CT molecular complexity index is 806. The molecular formula is C25H37N3O2. The van der Waals surface area contributed by atoms with Crippen LogP contribution in [0.1, 0.15) is 56.2 Å². The van der Waals surface area contributed by atoms with Crippen molar-refractivity contribution in [1.29, 1.82) is 0 Å². The molecule has 3 aliphatic rings. The van der Waals surface area contributed by atoms with Gasteiger partial charge >= 0.3 is 0 Å². The van der Waals surface area contributed by atoms with E-state index in [1.165, 1.54) is 23.1 Å². The number of carbonyl (C=O) groups is 2. The van der Waals surface area contributed by atoms with Crippen LogP contribution >= 0.6 is 0 Å². The molecule has 0 saturated carbocycles. The first-order valence-corrected chi connectivity index (χ1v) is 11.7. The average molecular weight is 412 g/mol. The highest BCUT2D eigenvalue weighted by Crippen LogP contribution is 2.41. The van der Waals surface area contributed by atoms with E-state index in [1.54, 1.807) is 0 Å². The van der Waals surface area contributed by atoms with Gasteiger partial charge in [-0.05, 0) is 56.1 Å². The Labute approximate surface area is 181 Å². The molecule has 30 heavy (non-hydrogen) atoms. The molecule has 164 valence electrons. The molecule has 0 unspecified atom stereocenters. The minimum absolute atomic E-state index is 0.0265. The second-order valence-corrected chi connectivity index (χ2v) is 10.1. The number of piperidine rings is 3. The predicted molar refractivity (Wildman–Crippen MR) is 119 cm³/mol. The van der Waals surface area contributed by atoms with Crippen molar-refractivity contribution < 1.29 is 9.59 Å². The van der Waals surface area contributed by atoms with E-state index < -0.39 is 0 Å². The van der Waals surface area contributed by atoms with Crippen molar-refractivity contribution in [3.05, 3.63) is 34.9 Å². The van der Waals surface area contributed by atoms with Crippen LogP contribution in [0.5, 0.6) is 0 Å². The van der Waals surface area contributed by atoms with Gasteiger partial charge in [0.05, 0.1) is 6.04 Å². The van der Waals surface area contributed by atoms with E-state index in [4.69, 9.17) is 0 Å². The maximum atomic E-state index is 12.9. The predicted octanol–water partition coefficient (Wildman–Crippen LogP) is 3.28. The number of aryl methyl sites for hydroxylation is 2. The summed E-state index contributed by atoms with van der Waals surface area (Å²) in [7, 11) is 0. The number of nitrogens with zero attached hydrogens (tertiary/aromatic N) is 2. The molecule has 4 rings (SSSR count). The molecule has 1 aromatic carbocycles. The Morgan fingerprint density at radius 2 is 1.97 bits per heavy atom. The molecule has 2 amide bonds. The maximum Gasteiger partial charge on any atom is 0.223 e. The number of benzene rings is 1. The van der Waals surface area contributed by atoms with Crippen molar-refractivity contribution in [3.63, 3.8) is 0 Å². The number of rotatable bonds is 5. The molecule has 3 saturated heterocycles. The maximum absolute atomic E-state index is 12.9. The Hall–Kier alpha value is -1.88. The number of carbonyl (C=O) groups excluding carboxylic acids is 2. The second-order valence-electron chi connectivity index (χ2n) is 10.1. The number of amides is 2. The zero-order chi connectivity index (χ0) is 21.4. The first-order chi connectivity index (χ1) is 14.3. The molecule has 3 fully saturated rings. The fraction of sp³-hybridized carbons (Fsp3) is 0.680. The summed E-state index contributed by atoms with van der Waals surface area (Å²) in [5.41, 5.74) is 4.08. The van der Waals surface area contributed by atoms with Crippen LogP contribution in [0.2, 0.25) is 0 Å². The van der Waals surface area contributed by atoms with Crippen LogP contribution in [0.15, 0.2) is 18.2 Å². The Balaban J connectivity index is 1.54.